The molecule has 0 spiro atoms. The van der Waals surface area contributed by atoms with Crippen LogP contribution < -0.4 is 10.9 Å². The maximum Gasteiger partial charge on any atom is 0.261 e. The second kappa shape index (κ2) is 9.13. The van der Waals surface area contributed by atoms with Gasteiger partial charge in [0, 0.05) is 11.4 Å². The van der Waals surface area contributed by atoms with Crippen molar-refractivity contribution in [2.75, 3.05) is 6.54 Å². The van der Waals surface area contributed by atoms with Crippen LogP contribution in [0.5, 0.6) is 0 Å². The van der Waals surface area contributed by atoms with E-state index in [1.165, 1.54) is 27.4 Å². The van der Waals surface area contributed by atoms with Crippen LogP contribution in [0.2, 0.25) is 0 Å². The van der Waals surface area contributed by atoms with E-state index in [0.717, 1.165) is 6.42 Å². The molecule has 0 saturated heterocycles. The number of hydrogen-bond acceptors (Lipinski definition) is 5. The van der Waals surface area contributed by atoms with Crippen molar-refractivity contribution in [1.29, 1.82) is 0 Å². The molecule has 29 heavy (non-hydrogen) atoms. The molecule has 0 fully saturated rings. The van der Waals surface area contributed by atoms with Crippen LogP contribution in [0, 0.1) is 26.7 Å². The van der Waals surface area contributed by atoms with Gasteiger partial charge in [0.05, 0.1) is 16.0 Å². The number of H-pyrrole nitrogens is 1. The third kappa shape index (κ3) is 5.08. The highest BCUT2D eigenvalue weighted by atomic mass is 32.2. The van der Waals surface area contributed by atoms with Crippen molar-refractivity contribution in [1.82, 2.24) is 15.3 Å². The summed E-state index contributed by atoms with van der Waals surface area (Å²) in [6.07, 6.45) is 0.925. The lowest BCUT2D eigenvalue weighted by atomic mass is 10.1. The fraction of sp³-hybridized carbons (Fsp3) is 0.409. The van der Waals surface area contributed by atoms with E-state index in [-0.39, 0.29) is 11.5 Å². The van der Waals surface area contributed by atoms with Gasteiger partial charge in [-0.1, -0.05) is 31.5 Å². The van der Waals surface area contributed by atoms with Crippen molar-refractivity contribution in [3.05, 3.63) is 55.9 Å². The third-order valence-corrected chi connectivity index (χ3v) is 7.12. The van der Waals surface area contributed by atoms with Gasteiger partial charge >= 0.3 is 0 Å². The summed E-state index contributed by atoms with van der Waals surface area (Å²) in [6, 6.07) is 6.34. The number of nitrogens with zero attached hydrogens (tertiary/aromatic N) is 1. The highest BCUT2D eigenvalue weighted by molar-refractivity contribution is 7.98. The minimum atomic E-state index is -0.179. The number of carbonyl (C=O) groups is 1. The zero-order valence-electron chi connectivity index (χ0n) is 17.5. The van der Waals surface area contributed by atoms with Crippen LogP contribution in [0.4, 0.5) is 0 Å². The summed E-state index contributed by atoms with van der Waals surface area (Å²) in [5.74, 6) is 1.60. The molecule has 5 nitrogen and oxygen atoms in total. The number of amides is 1. The SMILES string of the molecule is Cc1ccc(C)c(SCc2nc3sc(C(=O)NCCC(C)C)c(C)c3c(=O)[nH]2)c1. The maximum atomic E-state index is 12.7. The van der Waals surface area contributed by atoms with Gasteiger partial charge < -0.3 is 10.3 Å². The van der Waals surface area contributed by atoms with E-state index in [4.69, 9.17) is 0 Å². The number of carbonyl (C=O) groups excluding carboxylic acids is 1. The number of benzene rings is 1. The van der Waals surface area contributed by atoms with Crippen LogP contribution in [0.1, 0.15) is 52.5 Å². The van der Waals surface area contributed by atoms with Crippen molar-refractivity contribution in [3.63, 3.8) is 0 Å². The Morgan fingerprint density at radius 1 is 1.28 bits per heavy atom. The molecule has 0 aliphatic carbocycles. The number of thiophene rings is 1. The normalized spacial score (nSPS) is 11.4. The molecule has 0 bridgehead atoms. The number of nitrogens with one attached hydrogen (secondary N) is 2. The van der Waals surface area contributed by atoms with Gasteiger partial charge in [0.2, 0.25) is 0 Å². The summed E-state index contributed by atoms with van der Waals surface area (Å²) < 4.78 is 0. The van der Waals surface area contributed by atoms with Gasteiger partial charge in [0.15, 0.2) is 0 Å². The van der Waals surface area contributed by atoms with E-state index in [1.807, 2.05) is 6.92 Å². The summed E-state index contributed by atoms with van der Waals surface area (Å²) in [4.78, 5) is 35.1. The minimum Gasteiger partial charge on any atom is -0.351 e. The summed E-state index contributed by atoms with van der Waals surface area (Å²) in [5, 5.41) is 3.47. The van der Waals surface area contributed by atoms with Gasteiger partial charge in [0.25, 0.3) is 11.5 Å². The van der Waals surface area contributed by atoms with Crippen LogP contribution in [0.25, 0.3) is 10.2 Å². The van der Waals surface area contributed by atoms with Gasteiger partial charge in [0.1, 0.15) is 10.7 Å². The molecule has 0 aliphatic heterocycles. The van der Waals surface area contributed by atoms with Crippen LogP contribution in [-0.2, 0) is 5.75 Å². The van der Waals surface area contributed by atoms with Crippen LogP contribution in [-0.4, -0.2) is 22.4 Å². The van der Waals surface area contributed by atoms with Crippen molar-refractivity contribution in [2.45, 2.75) is 51.7 Å². The van der Waals surface area contributed by atoms with Gasteiger partial charge in [-0.3, -0.25) is 9.59 Å². The first kappa shape index (κ1) is 21.6. The second-order valence-electron chi connectivity index (χ2n) is 7.75. The average molecular weight is 430 g/mol. The van der Waals surface area contributed by atoms with Crippen LogP contribution >= 0.6 is 23.1 Å². The lowest BCUT2D eigenvalue weighted by Crippen LogP contribution is -2.25. The highest BCUT2D eigenvalue weighted by Crippen LogP contribution is 2.29. The first-order valence-corrected chi connectivity index (χ1v) is 11.6. The number of thioether (sulfide) groups is 1. The van der Waals surface area contributed by atoms with E-state index in [9.17, 15) is 9.59 Å². The van der Waals surface area contributed by atoms with Crippen molar-refractivity contribution < 1.29 is 4.79 Å². The number of fused-ring (bicyclic) bond motifs is 1. The number of rotatable bonds is 7. The van der Waals surface area contributed by atoms with Gasteiger partial charge in [-0.15, -0.1) is 23.1 Å². The standard InChI is InChI=1S/C22H27N3O2S2/c1-12(2)8-9-23-21(27)19-15(5)18-20(26)24-17(25-22(18)29-19)11-28-16-10-13(3)6-7-14(16)4/h6-7,10,12H,8-9,11H2,1-5H3,(H,23,27)(H,24,25,26). The summed E-state index contributed by atoms with van der Waals surface area (Å²) in [5.41, 5.74) is 2.93. The molecule has 3 rings (SSSR count). The molecule has 1 amide bonds. The molecule has 2 aromatic heterocycles. The molecule has 0 atom stereocenters. The summed E-state index contributed by atoms with van der Waals surface area (Å²) in [7, 11) is 0. The van der Waals surface area contributed by atoms with E-state index in [0.29, 0.717) is 44.7 Å². The third-order valence-electron chi connectivity index (χ3n) is 4.77. The lowest BCUT2D eigenvalue weighted by molar-refractivity contribution is 0.0955. The van der Waals surface area contributed by atoms with Crippen LogP contribution in [0.3, 0.4) is 0 Å². The Hall–Kier alpha value is -2.12. The number of aryl methyl sites for hydroxylation is 3. The molecule has 0 aliphatic rings. The zero-order chi connectivity index (χ0) is 21.1. The predicted octanol–water partition coefficient (Wildman–Crippen LogP) is 4.98. The van der Waals surface area contributed by atoms with Crippen molar-refractivity contribution in [2.24, 2.45) is 5.92 Å². The predicted molar refractivity (Wildman–Crippen MR) is 122 cm³/mol. The van der Waals surface area contributed by atoms with E-state index in [2.05, 4.69) is 61.2 Å². The Labute approximate surface area is 179 Å². The van der Waals surface area contributed by atoms with Crippen molar-refractivity contribution in [3.8, 4) is 0 Å². The Kier molecular flexibility index (Phi) is 6.80. The molecule has 7 heteroatoms. The molecule has 0 saturated carbocycles. The Balaban J connectivity index is 1.82. The van der Waals surface area contributed by atoms with Crippen molar-refractivity contribution >= 4 is 39.2 Å². The Morgan fingerprint density at radius 2 is 2.03 bits per heavy atom. The van der Waals surface area contributed by atoms with E-state index in [1.54, 1.807) is 11.8 Å². The molecule has 1 aromatic carbocycles. The van der Waals surface area contributed by atoms with Gasteiger partial charge in [-0.05, 0) is 50.3 Å². The monoisotopic (exact) mass is 429 g/mol. The Morgan fingerprint density at radius 3 is 2.76 bits per heavy atom. The number of aromatic nitrogens is 2. The number of aromatic amines is 1. The number of hydrogen-bond donors (Lipinski definition) is 2. The molecule has 0 radical (unpaired) electrons. The van der Waals surface area contributed by atoms with Crippen LogP contribution in [0.15, 0.2) is 27.9 Å². The average Bonchev–Trinajstić information content (AvgIpc) is 2.99. The first-order chi connectivity index (χ1) is 13.8. The largest absolute Gasteiger partial charge is 0.351 e. The fourth-order valence-corrected chi connectivity index (χ4v) is 5.15. The molecule has 3 aromatic rings. The smallest absolute Gasteiger partial charge is 0.261 e. The summed E-state index contributed by atoms with van der Waals surface area (Å²) in [6.45, 7) is 10.8. The molecule has 0 unspecified atom stereocenters. The van der Waals surface area contributed by atoms with Gasteiger partial charge in [-0.2, -0.15) is 0 Å². The van der Waals surface area contributed by atoms with Gasteiger partial charge in [-0.25, -0.2) is 4.98 Å². The molecule has 154 valence electrons. The maximum absolute atomic E-state index is 12.7. The highest BCUT2D eigenvalue weighted by Gasteiger charge is 2.19. The molecular formula is C22H27N3O2S2. The zero-order valence-corrected chi connectivity index (χ0v) is 19.1. The molecular weight excluding hydrogens is 402 g/mol. The lowest BCUT2D eigenvalue weighted by Gasteiger charge is -2.06. The second-order valence-corrected chi connectivity index (χ2v) is 9.76. The molecule has 2 heterocycles. The quantitative estimate of drug-likeness (QED) is 0.520. The topological polar surface area (TPSA) is 74.8 Å². The fourth-order valence-electron chi connectivity index (χ4n) is 3.04. The first-order valence-electron chi connectivity index (χ1n) is 9.76. The molecule has 2 N–H and O–H groups in total. The van der Waals surface area contributed by atoms with E-state index < -0.39 is 0 Å². The van der Waals surface area contributed by atoms with E-state index >= 15 is 0 Å². The Bertz CT molecular complexity index is 1100. The minimum absolute atomic E-state index is 0.128. The summed E-state index contributed by atoms with van der Waals surface area (Å²) >= 11 is 2.95.